The van der Waals surface area contributed by atoms with Crippen molar-refractivity contribution in [3.8, 4) is 0 Å². The Morgan fingerprint density at radius 3 is 2.39 bits per heavy atom. The highest BCUT2D eigenvalue weighted by atomic mass is 79.9. The van der Waals surface area contributed by atoms with Crippen LogP contribution in [0.4, 0.5) is 0 Å². The average molecular weight is 445 g/mol. The molecule has 0 radical (unpaired) electrons. The minimum Gasteiger partial charge on any atom is -0.352 e. The van der Waals surface area contributed by atoms with Gasteiger partial charge in [0, 0.05) is 17.1 Å². The summed E-state index contributed by atoms with van der Waals surface area (Å²) in [6, 6.07) is 15.3. The summed E-state index contributed by atoms with van der Waals surface area (Å²) in [5, 5.41) is 2.99. The molecule has 150 valence electrons. The van der Waals surface area contributed by atoms with Gasteiger partial charge in [0.15, 0.2) is 0 Å². The molecule has 0 unspecified atom stereocenters. The second-order valence-electron chi connectivity index (χ2n) is 7.31. The lowest BCUT2D eigenvalue weighted by atomic mass is 10.1. The van der Waals surface area contributed by atoms with E-state index in [9.17, 15) is 9.59 Å². The van der Waals surface area contributed by atoms with E-state index in [1.54, 1.807) is 11.8 Å². The fourth-order valence-electron chi connectivity index (χ4n) is 2.98. The van der Waals surface area contributed by atoms with E-state index >= 15 is 0 Å². The van der Waals surface area contributed by atoms with E-state index in [1.807, 2.05) is 69.3 Å². The number of carbonyl (C=O) groups excluding carboxylic acids is 2. The molecule has 4 nitrogen and oxygen atoms in total. The number of hydrogen-bond acceptors (Lipinski definition) is 2. The molecule has 2 aromatic rings. The Balaban J connectivity index is 2.23. The standard InChI is InChI=1S/C23H29BrN2O2/c1-5-17(3)25-23(28)18(4)26(15-20-10-7-11-21(24)13-20)22(27)14-19-9-6-8-16(2)12-19/h6-13,17-18H,5,14-15H2,1-4H3,(H,25,28)/t17-,18-/m0/s1. The molecule has 2 amide bonds. The molecule has 1 N–H and O–H groups in total. The van der Waals surface area contributed by atoms with E-state index < -0.39 is 6.04 Å². The summed E-state index contributed by atoms with van der Waals surface area (Å²) in [7, 11) is 0. The smallest absolute Gasteiger partial charge is 0.242 e. The quantitative estimate of drug-likeness (QED) is 0.644. The SMILES string of the molecule is CC[C@H](C)NC(=O)[C@H](C)N(Cc1cccc(Br)c1)C(=O)Cc1cccc(C)c1. The summed E-state index contributed by atoms with van der Waals surface area (Å²) in [5.41, 5.74) is 3.06. The molecule has 2 atom stereocenters. The lowest BCUT2D eigenvalue weighted by Gasteiger charge is -2.30. The number of hydrogen-bond donors (Lipinski definition) is 1. The first-order valence-corrected chi connectivity index (χ1v) is 10.5. The summed E-state index contributed by atoms with van der Waals surface area (Å²) in [4.78, 5) is 27.5. The molecule has 0 saturated heterocycles. The minimum absolute atomic E-state index is 0.0580. The molecule has 2 aromatic carbocycles. The van der Waals surface area contributed by atoms with E-state index in [0.717, 1.165) is 27.6 Å². The topological polar surface area (TPSA) is 49.4 Å². The lowest BCUT2D eigenvalue weighted by molar-refractivity contribution is -0.140. The molecule has 5 heteroatoms. The highest BCUT2D eigenvalue weighted by molar-refractivity contribution is 9.10. The Hall–Kier alpha value is -2.14. The lowest BCUT2D eigenvalue weighted by Crippen LogP contribution is -2.49. The summed E-state index contributed by atoms with van der Waals surface area (Å²) < 4.78 is 0.952. The zero-order chi connectivity index (χ0) is 20.7. The van der Waals surface area contributed by atoms with Gasteiger partial charge in [0.1, 0.15) is 6.04 Å². The largest absolute Gasteiger partial charge is 0.352 e. The van der Waals surface area contributed by atoms with Crippen molar-refractivity contribution in [1.82, 2.24) is 10.2 Å². The molecule has 0 spiro atoms. The molecule has 0 aliphatic carbocycles. The number of halogens is 1. The molecule has 0 heterocycles. The van der Waals surface area contributed by atoms with E-state index in [-0.39, 0.29) is 24.3 Å². The van der Waals surface area contributed by atoms with Crippen LogP contribution >= 0.6 is 15.9 Å². The molecule has 0 fully saturated rings. The molecule has 0 aliphatic heterocycles. The van der Waals surface area contributed by atoms with Gasteiger partial charge in [-0.05, 0) is 50.5 Å². The van der Waals surface area contributed by atoms with Crippen molar-refractivity contribution in [1.29, 1.82) is 0 Å². The summed E-state index contributed by atoms with van der Waals surface area (Å²) >= 11 is 3.48. The van der Waals surface area contributed by atoms with Gasteiger partial charge in [-0.3, -0.25) is 9.59 Å². The minimum atomic E-state index is -0.551. The maximum absolute atomic E-state index is 13.1. The van der Waals surface area contributed by atoms with Crippen LogP contribution in [0.3, 0.4) is 0 Å². The molecule has 0 aliphatic rings. The molecule has 0 aromatic heterocycles. The zero-order valence-corrected chi connectivity index (χ0v) is 18.6. The maximum atomic E-state index is 13.1. The highest BCUT2D eigenvalue weighted by Crippen LogP contribution is 2.17. The van der Waals surface area contributed by atoms with Crippen LogP contribution in [0.5, 0.6) is 0 Å². The van der Waals surface area contributed by atoms with Gasteiger partial charge in [-0.2, -0.15) is 0 Å². The Kier molecular flexibility index (Phi) is 8.24. The first kappa shape index (κ1) is 22.2. The van der Waals surface area contributed by atoms with E-state index in [1.165, 1.54) is 0 Å². The number of rotatable bonds is 8. The fraction of sp³-hybridized carbons (Fsp3) is 0.391. The van der Waals surface area contributed by atoms with Crippen LogP contribution in [-0.4, -0.2) is 28.8 Å². The Morgan fingerprint density at radius 2 is 1.75 bits per heavy atom. The maximum Gasteiger partial charge on any atom is 0.242 e. The van der Waals surface area contributed by atoms with Gasteiger partial charge in [-0.1, -0.05) is 64.8 Å². The van der Waals surface area contributed by atoms with Gasteiger partial charge in [0.25, 0.3) is 0 Å². The number of nitrogens with one attached hydrogen (secondary N) is 1. The van der Waals surface area contributed by atoms with Crippen molar-refractivity contribution >= 4 is 27.7 Å². The third kappa shape index (κ3) is 6.48. The second-order valence-corrected chi connectivity index (χ2v) is 8.23. The van der Waals surface area contributed by atoms with Gasteiger partial charge in [0.05, 0.1) is 6.42 Å². The Labute approximate surface area is 176 Å². The second kappa shape index (κ2) is 10.4. The molecular formula is C23H29BrN2O2. The zero-order valence-electron chi connectivity index (χ0n) is 17.0. The summed E-state index contributed by atoms with van der Waals surface area (Å²) in [6.45, 7) is 8.19. The monoisotopic (exact) mass is 444 g/mol. The Morgan fingerprint density at radius 1 is 1.07 bits per heavy atom. The molecule has 0 bridgehead atoms. The van der Waals surface area contributed by atoms with Crippen molar-refractivity contribution in [2.75, 3.05) is 0 Å². The number of amides is 2. The van der Waals surface area contributed by atoms with Crippen LogP contribution in [0.25, 0.3) is 0 Å². The third-order valence-electron chi connectivity index (χ3n) is 4.85. The van der Waals surface area contributed by atoms with Gasteiger partial charge in [-0.15, -0.1) is 0 Å². The number of benzene rings is 2. The highest BCUT2D eigenvalue weighted by Gasteiger charge is 2.26. The van der Waals surface area contributed by atoms with Crippen LogP contribution in [-0.2, 0) is 22.6 Å². The molecule has 2 rings (SSSR count). The average Bonchev–Trinajstić information content (AvgIpc) is 2.65. The summed E-state index contributed by atoms with van der Waals surface area (Å²) in [5.74, 6) is -0.181. The molecule has 0 saturated carbocycles. The predicted molar refractivity (Wildman–Crippen MR) is 117 cm³/mol. The van der Waals surface area contributed by atoms with E-state index in [0.29, 0.717) is 6.54 Å². The number of nitrogens with zero attached hydrogens (tertiary/aromatic N) is 1. The van der Waals surface area contributed by atoms with Gasteiger partial charge >= 0.3 is 0 Å². The van der Waals surface area contributed by atoms with Crippen LogP contribution in [0.15, 0.2) is 53.0 Å². The van der Waals surface area contributed by atoms with Gasteiger partial charge < -0.3 is 10.2 Å². The van der Waals surface area contributed by atoms with Crippen molar-refractivity contribution < 1.29 is 9.59 Å². The fourth-order valence-corrected chi connectivity index (χ4v) is 3.43. The van der Waals surface area contributed by atoms with Crippen LogP contribution < -0.4 is 5.32 Å². The predicted octanol–water partition coefficient (Wildman–Crippen LogP) is 4.63. The van der Waals surface area contributed by atoms with Crippen LogP contribution in [0.1, 0.15) is 43.9 Å². The van der Waals surface area contributed by atoms with Gasteiger partial charge in [0.2, 0.25) is 11.8 Å². The number of aryl methyl sites for hydroxylation is 1. The van der Waals surface area contributed by atoms with Crippen molar-refractivity contribution in [3.05, 3.63) is 69.7 Å². The number of carbonyl (C=O) groups is 2. The van der Waals surface area contributed by atoms with E-state index in [2.05, 4.69) is 21.2 Å². The normalized spacial score (nSPS) is 12.9. The first-order chi connectivity index (χ1) is 13.3. The van der Waals surface area contributed by atoms with Crippen molar-refractivity contribution in [2.45, 2.75) is 59.2 Å². The molecule has 28 heavy (non-hydrogen) atoms. The van der Waals surface area contributed by atoms with Crippen LogP contribution in [0.2, 0.25) is 0 Å². The molecular weight excluding hydrogens is 416 g/mol. The third-order valence-corrected chi connectivity index (χ3v) is 5.34. The van der Waals surface area contributed by atoms with Crippen molar-refractivity contribution in [2.24, 2.45) is 0 Å². The van der Waals surface area contributed by atoms with Crippen LogP contribution in [0, 0.1) is 6.92 Å². The van der Waals surface area contributed by atoms with Gasteiger partial charge in [-0.25, -0.2) is 0 Å². The first-order valence-electron chi connectivity index (χ1n) is 9.70. The van der Waals surface area contributed by atoms with Crippen molar-refractivity contribution in [3.63, 3.8) is 0 Å². The Bertz CT molecular complexity index is 822. The summed E-state index contributed by atoms with van der Waals surface area (Å²) in [6.07, 6.45) is 1.12. The van der Waals surface area contributed by atoms with E-state index in [4.69, 9.17) is 0 Å².